The Kier molecular flexibility index (Phi) is 5.79. The van der Waals surface area contributed by atoms with E-state index in [4.69, 9.17) is 12.2 Å². The van der Waals surface area contributed by atoms with Crippen LogP contribution in [0.1, 0.15) is 33.6 Å². The van der Waals surface area contributed by atoms with Gasteiger partial charge in [0, 0.05) is 19.6 Å². The number of pyridine rings is 1. The van der Waals surface area contributed by atoms with Crippen molar-refractivity contribution in [2.75, 3.05) is 29.9 Å². The molecule has 1 fully saturated rings. The van der Waals surface area contributed by atoms with E-state index in [1.807, 2.05) is 12.3 Å². The lowest BCUT2D eigenvalue weighted by molar-refractivity contribution is 0.355. The van der Waals surface area contributed by atoms with E-state index in [0.29, 0.717) is 5.11 Å². The predicted molar refractivity (Wildman–Crippen MR) is 93.9 cm³/mol. The topological polar surface area (TPSA) is 40.2 Å². The van der Waals surface area contributed by atoms with Crippen LogP contribution < -0.4 is 15.5 Å². The van der Waals surface area contributed by atoms with Crippen LogP contribution in [0.25, 0.3) is 0 Å². The maximum Gasteiger partial charge on any atom is 0.170 e. The Morgan fingerprint density at radius 1 is 1.33 bits per heavy atom. The molecule has 0 spiro atoms. The van der Waals surface area contributed by atoms with Gasteiger partial charge in [0.1, 0.15) is 5.82 Å². The maximum absolute atomic E-state index is 5.23. The summed E-state index contributed by atoms with van der Waals surface area (Å²) in [5.41, 5.74) is 0.936. The minimum absolute atomic E-state index is 0.659. The second-order valence-corrected chi connectivity index (χ2v) is 6.55. The van der Waals surface area contributed by atoms with Crippen molar-refractivity contribution in [2.45, 2.75) is 33.6 Å². The van der Waals surface area contributed by atoms with Crippen LogP contribution in [-0.2, 0) is 0 Å². The largest absolute Gasteiger partial charge is 0.362 e. The minimum Gasteiger partial charge on any atom is -0.362 e. The number of nitrogens with one attached hydrogen (secondary N) is 2. The van der Waals surface area contributed by atoms with Crippen molar-refractivity contribution in [3.05, 3.63) is 18.3 Å². The molecule has 5 heteroatoms. The van der Waals surface area contributed by atoms with Crippen LogP contribution in [0.5, 0.6) is 0 Å². The molecule has 4 nitrogen and oxygen atoms in total. The molecule has 1 aromatic rings. The predicted octanol–water partition coefficient (Wildman–Crippen LogP) is 3.26. The lowest BCUT2D eigenvalue weighted by atomic mass is 9.92. The van der Waals surface area contributed by atoms with Crippen molar-refractivity contribution in [1.29, 1.82) is 0 Å². The summed E-state index contributed by atoms with van der Waals surface area (Å²) in [5, 5.41) is 6.98. The minimum atomic E-state index is 0.659. The summed E-state index contributed by atoms with van der Waals surface area (Å²) in [5.74, 6) is 2.53. The first kappa shape index (κ1) is 16.0. The summed E-state index contributed by atoms with van der Waals surface area (Å²) < 4.78 is 0. The van der Waals surface area contributed by atoms with E-state index in [9.17, 15) is 0 Å². The number of aromatic nitrogens is 1. The third kappa shape index (κ3) is 4.84. The molecule has 116 valence electrons. The highest BCUT2D eigenvalue weighted by molar-refractivity contribution is 7.80. The molecule has 21 heavy (non-hydrogen) atoms. The molecule has 0 saturated carbocycles. The zero-order valence-electron chi connectivity index (χ0n) is 13.2. The Bertz CT molecular complexity index is 450. The molecule has 0 unspecified atom stereocenters. The van der Waals surface area contributed by atoms with Crippen LogP contribution in [0.3, 0.4) is 0 Å². The van der Waals surface area contributed by atoms with Gasteiger partial charge in [0.25, 0.3) is 0 Å². The summed E-state index contributed by atoms with van der Waals surface area (Å²) in [7, 11) is 0. The highest BCUT2D eigenvalue weighted by Gasteiger charge is 2.22. The van der Waals surface area contributed by atoms with Gasteiger partial charge in [0.05, 0.1) is 11.9 Å². The third-order valence-corrected chi connectivity index (χ3v) is 3.98. The fraction of sp³-hybridized carbons (Fsp3) is 0.625. The number of rotatable bonds is 4. The van der Waals surface area contributed by atoms with Gasteiger partial charge in [-0.2, -0.15) is 0 Å². The lowest BCUT2D eigenvalue weighted by Gasteiger charge is -2.35. The molecule has 0 amide bonds. The fourth-order valence-electron chi connectivity index (χ4n) is 2.91. The molecule has 2 atom stereocenters. The van der Waals surface area contributed by atoms with Gasteiger partial charge in [-0.3, -0.25) is 0 Å². The van der Waals surface area contributed by atoms with E-state index in [0.717, 1.165) is 49.4 Å². The highest BCUT2D eigenvalue weighted by atomic mass is 32.1. The first-order chi connectivity index (χ1) is 10.1. The van der Waals surface area contributed by atoms with Gasteiger partial charge in [-0.25, -0.2) is 4.98 Å². The zero-order valence-corrected chi connectivity index (χ0v) is 14.0. The first-order valence-electron chi connectivity index (χ1n) is 7.84. The van der Waals surface area contributed by atoms with E-state index in [2.05, 4.69) is 47.4 Å². The molecule has 1 aliphatic rings. The van der Waals surface area contributed by atoms with Gasteiger partial charge in [0.2, 0.25) is 0 Å². The van der Waals surface area contributed by atoms with Gasteiger partial charge in [-0.05, 0) is 49.0 Å². The second kappa shape index (κ2) is 7.59. The summed E-state index contributed by atoms with van der Waals surface area (Å²) >= 11 is 5.23. The Morgan fingerprint density at radius 2 is 2.05 bits per heavy atom. The van der Waals surface area contributed by atoms with Crippen molar-refractivity contribution < 1.29 is 0 Å². The van der Waals surface area contributed by atoms with Crippen molar-refractivity contribution in [3.63, 3.8) is 0 Å². The monoisotopic (exact) mass is 306 g/mol. The molecule has 0 radical (unpaired) electrons. The third-order valence-electron chi connectivity index (χ3n) is 3.73. The number of nitrogens with zero attached hydrogens (tertiary/aromatic N) is 2. The highest BCUT2D eigenvalue weighted by Crippen LogP contribution is 2.25. The average Bonchev–Trinajstić information content (AvgIpc) is 2.45. The van der Waals surface area contributed by atoms with Crippen molar-refractivity contribution >= 4 is 28.8 Å². The molecule has 0 aromatic carbocycles. The van der Waals surface area contributed by atoms with Crippen molar-refractivity contribution in [2.24, 2.45) is 11.8 Å². The average molecular weight is 306 g/mol. The molecular formula is C16H26N4S. The molecule has 1 aromatic heterocycles. The van der Waals surface area contributed by atoms with Gasteiger partial charge < -0.3 is 15.5 Å². The number of anilines is 2. The normalized spacial score (nSPS) is 22.0. The Labute approximate surface area is 133 Å². The molecule has 2 heterocycles. The molecular weight excluding hydrogens is 280 g/mol. The summed E-state index contributed by atoms with van der Waals surface area (Å²) in [4.78, 5) is 6.97. The van der Waals surface area contributed by atoms with Crippen LogP contribution in [-0.4, -0.2) is 29.7 Å². The second-order valence-electron chi connectivity index (χ2n) is 6.14. The van der Waals surface area contributed by atoms with Gasteiger partial charge in [-0.1, -0.05) is 20.8 Å². The number of hydrogen-bond donors (Lipinski definition) is 2. The van der Waals surface area contributed by atoms with E-state index < -0.39 is 0 Å². The van der Waals surface area contributed by atoms with Crippen LogP contribution in [0.2, 0.25) is 0 Å². The summed E-state index contributed by atoms with van der Waals surface area (Å²) in [6.45, 7) is 9.83. The number of thiocarbonyl (C=S) groups is 1. The van der Waals surface area contributed by atoms with E-state index >= 15 is 0 Å². The lowest BCUT2D eigenvalue weighted by Crippen LogP contribution is -2.39. The Balaban J connectivity index is 1.94. The smallest absolute Gasteiger partial charge is 0.170 e. The quantitative estimate of drug-likeness (QED) is 0.836. The first-order valence-corrected chi connectivity index (χ1v) is 8.25. The molecule has 2 N–H and O–H groups in total. The number of hydrogen-bond acceptors (Lipinski definition) is 3. The molecule has 1 saturated heterocycles. The SMILES string of the molecule is CCCNC(=S)Nc1ccc(N2C[C@H](C)C[C@H](C)C2)nc1. The van der Waals surface area contributed by atoms with Crippen LogP contribution in [0.15, 0.2) is 18.3 Å². The van der Waals surface area contributed by atoms with E-state index in [1.165, 1.54) is 6.42 Å². The molecule has 1 aliphatic heterocycles. The van der Waals surface area contributed by atoms with Gasteiger partial charge in [0.15, 0.2) is 5.11 Å². The fourth-order valence-corrected chi connectivity index (χ4v) is 3.13. The maximum atomic E-state index is 5.23. The van der Waals surface area contributed by atoms with E-state index in [-0.39, 0.29) is 0 Å². The molecule has 0 aliphatic carbocycles. The molecule has 2 rings (SSSR count). The van der Waals surface area contributed by atoms with E-state index in [1.54, 1.807) is 0 Å². The van der Waals surface area contributed by atoms with Crippen LogP contribution >= 0.6 is 12.2 Å². The standard InChI is InChI=1S/C16H26N4S/c1-4-7-17-16(21)19-14-5-6-15(18-9-14)20-10-12(2)8-13(3)11-20/h5-6,9,12-13H,4,7-8,10-11H2,1-3H3,(H2,17,19,21)/t12-,13+. The van der Waals surface area contributed by atoms with Crippen molar-refractivity contribution in [3.8, 4) is 0 Å². The molecule has 0 bridgehead atoms. The van der Waals surface area contributed by atoms with Crippen molar-refractivity contribution in [1.82, 2.24) is 10.3 Å². The zero-order chi connectivity index (χ0) is 15.2. The number of piperidine rings is 1. The Morgan fingerprint density at radius 3 is 2.62 bits per heavy atom. The summed E-state index contributed by atoms with van der Waals surface area (Å²) in [6.07, 6.45) is 4.23. The van der Waals surface area contributed by atoms with Gasteiger partial charge in [-0.15, -0.1) is 0 Å². The van der Waals surface area contributed by atoms with Crippen LogP contribution in [0, 0.1) is 11.8 Å². The van der Waals surface area contributed by atoms with Gasteiger partial charge >= 0.3 is 0 Å². The Hall–Kier alpha value is -1.36. The summed E-state index contributed by atoms with van der Waals surface area (Å²) in [6, 6.07) is 4.13. The van der Waals surface area contributed by atoms with Crippen LogP contribution in [0.4, 0.5) is 11.5 Å².